The number of aliphatic hydroxyl groups excluding tert-OH is 1. The molecule has 2 aliphatic rings. The van der Waals surface area contributed by atoms with E-state index in [4.69, 9.17) is 4.74 Å². The number of benzene rings is 1. The fraction of sp³-hybridized carbons (Fsp3) is 0.625. The lowest BCUT2D eigenvalue weighted by Crippen LogP contribution is -2.40. The van der Waals surface area contributed by atoms with E-state index in [0.717, 1.165) is 31.6 Å². The smallest absolute Gasteiger partial charge is 0.126 e. The van der Waals surface area contributed by atoms with E-state index >= 15 is 0 Å². The summed E-state index contributed by atoms with van der Waals surface area (Å²) in [6.07, 6.45) is 5.49. The van der Waals surface area contributed by atoms with E-state index < -0.39 is 6.10 Å². The van der Waals surface area contributed by atoms with Crippen molar-refractivity contribution in [2.24, 2.45) is 5.92 Å². The van der Waals surface area contributed by atoms with Gasteiger partial charge in [0.1, 0.15) is 17.2 Å². The molecule has 0 saturated heterocycles. The first-order chi connectivity index (χ1) is 9.08. The minimum atomic E-state index is -0.604. The summed E-state index contributed by atoms with van der Waals surface area (Å²) in [6, 6.07) is 4.46. The van der Waals surface area contributed by atoms with Gasteiger partial charge in [-0.3, -0.25) is 0 Å². The van der Waals surface area contributed by atoms with Gasteiger partial charge in [0.15, 0.2) is 0 Å². The van der Waals surface area contributed by atoms with Crippen LogP contribution in [0.25, 0.3) is 0 Å². The summed E-state index contributed by atoms with van der Waals surface area (Å²) in [5, 5.41) is 10.3. The summed E-state index contributed by atoms with van der Waals surface area (Å²) in [6.45, 7) is 2.28. The third-order valence-corrected chi connectivity index (χ3v) is 4.64. The molecular weight excluding hydrogens is 243 g/mol. The van der Waals surface area contributed by atoms with E-state index in [1.165, 1.54) is 18.6 Å². The van der Waals surface area contributed by atoms with E-state index in [1.54, 1.807) is 6.07 Å². The summed E-state index contributed by atoms with van der Waals surface area (Å²) >= 11 is 0. The van der Waals surface area contributed by atoms with Crippen molar-refractivity contribution in [3.05, 3.63) is 29.6 Å². The number of rotatable bonds is 0. The minimum Gasteiger partial charge on any atom is -0.487 e. The van der Waals surface area contributed by atoms with E-state index in [9.17, 15) is 9.50 Å². The normalized spacial score (nSPS) is 34.5. The summed E-state index contributed by atoms with van der Waals surface area (Å²) < 4.78 is 19.4. The van der Waals surface area contributed by atoms with Gasteiger partial charge in [0.2, 0.25) is 0 Å². The molecule has 1 aliphatic carbocycles. The lowest BCUT2D eigenvalue weighted by Gasteiger charge is -2.40. The van der Waals surface area contributed by atoms with Gasteiger partial charge < -0.3 is 9.84 Å². The number of halogens is 1. The molecule has 3 rings (SSSR count). The molecule has 1 spiro atoms. The standard InChI is InChI=1S/C16H21FO2/c1-11-3-2-7-16(8-6-11)10-14(18)13-9-12(17)4-5-15(13)19-16/h4-5,9,11,14,18H,2-3,6-8,10H2,1H3/t11?,14-,16?/m1/s1. The van der Waals surface area contributed by atoms with Crippen molar-refractivity contribution in [1.82, 2.24) is 0 Å². The van der Waals surface area contributed by atoms with Crippen molar-refractivity contribution in [1.29, 1.82) is 0 Å². The van der Waals surface area contributed by atoms with Crippen molar-refractivity contribution in [3.8, 4) is 5.75 Å². The third-order valence-electron chi connectivity index (χ3n) is 4.64. The predicted molar refractivity (Wildman–Crippen MR) is 71.6 cm³/mol. The fourth-order valence-corrected chi connectivity index (χ4v) is 3.47. The zero-order chi connectivity index (χ0) is 13.5. The molecule has 2 nitrogen and oxygen atoms in total. The Kier molecular flexibility index (Phi) is 3.25. The maximum atomic E-state index is 13.3. The molecule has 1 saturated carbocycles. The lowest BCUT2D eigenvalue weighted by atomic mass is 9.83. The van der Waals surface area contributed by atoms with E-state index in [-0.39, 0.29) is 11.4 Å². The lowest BCUT2D eigenvalue weighted by molar-refractivity contribution is -0.0252. The van der Waals surface area contributed by atoms with Crippen molar-refractivity contribution < 1.29 is 14.2 Å². The van der Waals surface area contributed by atoms with Gasteiger partial charge in [0.25, 0.3) is 0 Å². The van der Waals surface area contributed by atoms with Gasteiger partial charge in [-0.05, 0) is 49.8 Å². The Bertz CT molecular complexity index is 474. The molecule has 2 unspecified atom stereocenters. The molecule has 19 heavy (non-hydrogen) atoms. The molecule has 1 heterocycles. The van der Waals surface area contributed by atoms with Crippen LogP contribution in [0.3, 0.4) is 0 Å². The highest BCUT2D eigenvalue weighted by Gasteiger charge is 2.41. The summed E-state index contributed by atoms with van der Waals surface area (Å²) in [5.41, 5.74) is 0.359. The molecule has 1 N–H and O–H groups in total. The molecule has 1 aliphatic heterocycles. The summed E-state index contributed by atoms with van der Waals surface area (Å²) in [5.74, 6) is 1.08. The van der Waals surface area contributed by atoms with Crippen LogP contribution in [0.5, 0.6) is 5.75 Å². The Balaban J connectivity index is 1.89. The minimum absolute atomic E-state index is 0.241. The van der Waals surface area contributed by atoms with Crippen LogP contribution in [0.1, 0.15) is 57.1 Å². The van der Waals surface area contributed by atoms with E-state index in [0.29, 0.717) is 17.7 Å². The van der Waals surface area contributed by atoms with Crippen molar-refractivity contribution in [2.75, 3.05) is 0 Å². The number of ether oxygens (including phenoxy) is 1. The van der Waals surface area contributed by atoms with Crippen LogP contribution in [0, 0.1) is 11.7 Å². The number of hydrogen-bond acceptors (Lipinski definition) is 2. The third kappa shape index (κ3) is 2.48. The molecule has 0 radical (unpaired) electrons. The molecular formula is C16H21FO2. The van der Waals surface area contributed by atoms with Crippen LogP contribution in [0.2, 0.25) is 0 Å². The van der Waals surface area contributed by atoms with Crippen molar-refractivity contribution in [3.63, 3.8) is 0 Å². The van der Waals surface area contributed by atoms with Crippen LogP contribution < -0.4 is 4.74 Å². The van der Waals surface area contributed by atoms with Crippen LogP contribution in [-0.2, 0) is 0 Å². The Hall–Kier alpha value is -1.09. The number of hydrogen-bond donors (Lipinski definition) is 1. The Morgan fingerprint density at radius 2 is 2.16 bits per heavy atom. The second-order valence-electron chi connectivity index (χ2n) is 6.22. The van der Waals surface area contributed by atoms with Gasteiger partial charge >= 0.3 is 0 Å². The molecule has 0 amide bonds. The molecule has 1 fully saturated rings. The highest BCUT2D eigenvalue weighted by Crippen LogP contribution is 2.46. The molecule has 3 atom stereocenters. The monoisotopic (exact) mass is 264 g/mol. The van der Waals surface area contributed by atoms with Crippen molar-refractivity contribution >= 4 is 0 Å². The zero-order valence-electron chi connectivity index (χ0n) is 11.4. The summed E-state index contributed by atoms with van der Waals surface area (Å²) in [4.78, 5) is 0. The van der Waals surface area contributed by atoms with Gasteiger partial charge in [-0.25, -0.2) is 4.39 Å². The van der Waals surface area contributed by atoms with Gasteiger partial charge in [-0.2, -0.15) is 0 Å². The van der Waals surface area contributed by atoms with Gasteiger partial charge in [-0.1, -0.05) is 13.3 Å². The highest BCUT2D eigenvalue weighted by molar-refractivity contribution is 5.38. The van der Waals surface area contributed by atoms with Crippen LogP contribution in [0.4, 0.5) is 4.39 Å². The average Bonchev–Trinajstić information content (AvgIpc) is 2.54. The summed E-state index contributed by atoms with van der Waals surface area (Å²) in [7, 11) is 0. The Morgan fingerprint density at radius 3 is 3.00 bits per heavy atom. The fourth-order valence-electron chi connectivity index (χ4n) is 3.47. The largest absolute Gasteiger partial charge is 0.487 e. The Morgan fingerprint density at radius 1 is 1.32 bits per heavy atom. The van der Waals surface area contributed by atoms with E-state index in [2.05, 4.69) is 6.92 Å². The molecule has 1 aromatic rings. The molecule has 3 heteroatoms. The molecule has 0 aromatic heterocycles. The van der Waals surface area contributed by atoms with Gasteiger partial charge in [0, 0.05) is 12.0 Å². The van der Waals surface area contributed by atoms with Crippen LogP contribution in [0.15, 0.2) is 18.2 Å². The van der Waals surface area contributed by atoms with Crippen LogP contribution in [-0.4, -0.2) is 10.7 Å². The first-order valence-electron chi connectivity index (χ1n) is 7.24. The van der Waals surface area contributed by atoms with Gasteiger partial charge in [-0.15, -0.1) is 0 Å². The molecule has 104 valence electrons. The Labute approximate surface area is 113 Å². The van der Waals surface area contributed by atoms with E-state index in [1.807, 2.05) is 0 Å². The average molecular weight is 264 g/mol. The quantitative estimate of drug-likeness (QED) is 0.768. The molecule has 0 bridgehead atoms. The molecule has 1 aromatic carbocycles. The van der Waals surface area contributed by atoms with Crippen molar-refractivity contribution in [2.45, 2.75) is 57.2 Å². The van der Waals surface area contributed by atoms with Gasteiger partial charge in [0.05, 0.1) is 6.10 Å². The number of fused-ring (bicyclic) bond motifs is 1. The maximum Gasteiger partial charge on any atom is 0.126 e. The van der Waals surface area contributed by atoms with Crippen LogP contribution >= 0.6 is 0 Å². The second-order valence-corrected chi connectivity index (χ2v) is 6.22. The predicted octanol–water partition coefficient (Wildman–Crippen LogP) is 3.98. The first-order valence-corrected chi connectivity index (χ1v) is 7.24. The second kappa shape index (κ2) is 4.78. The topological polar surface area (TPSA) is 29.5 Å². The SMILES string of the molecule is CC1CCCC2(CC1)C[C@@H](O)c1cc(F)ccc1O2. The highest BCUT2D eigenvalue weighted by atomic mass is 19.1. The maximum absolute atomic E-state index is 13.3. The first kappa shape index (κ1) is 12.9. The number of aliphatic hydroxyl groups is 1. The zero-order valence-corrected chi connectivity index (χ0v) is 11.4.